The van der Waals surface area contributed by atoms with Gasteiger partial charge in [-0.2, -0.15) is 0 Å². The van der Waals surface area contributed by atoms with Crippen LogP contribution in [0.3, 0.4) is 0 Å². The van der Waals surface area contributed by atoms with E-state index in [1.807, 2.05) is 0 Å². The first-order valence-corrected chi connectivity index (χ1v) is 7.50. The predicted molar refractivity (Wildman–Crippen MR) is 76.3 cm³/mol. The molecule has 0 bridgehead atoms. The van der Waals surface area contributed by atoms with E-state index in [0.29, 0.717) is 6.54 Å². The predicted octanol–water partition coefficient (Wildman–Crippen LogP) is 2.84. The molecule has 1 amide bonds. The molecule has 106 valence electrons. The lowest BCUT2D eigenvalue weighted by Crippen LogP contribution is -2.47. The third kappa shape index (κ3) is 3.47. The van der Waals surface area contributed by atoms with Gasteiger partial charge in [0.1, 0.15) is 0 Å². The Balaban J connectivity index is 2.54. The summed E-state index contributed by atoms with van der Waals surface area (Å²) in [4.78, 5) is 12.4. The number of nitrogens with two attached hydrogens (primary N) is 1. The monoisotopic (exact) mass is 254 g/mol. The number of carbonyl (C=O) groups is 1. The first-order valence-electron chi connectivity index (χ1n) is 7.50. The molecule has 0 aromatic heterocycles. The van der Waals surface area contributed by atoms with Crippen LogP contribution in [0.2, 0.25) is 0 Å². The fourth-order valence-electron chi connectivity index (χ4n) is 2.90. The molecule has 0 radical (unpaired) electrons. The molecular weight excluding hydrogens is 224 g/mol. The van der Waals surface area contributed by atoms with Crippen molar-refractivity contribution < 1.29 is 4.79 Å². The maximum absolute atomic E-state index is 12.4. The lowest BCUT2D eigenvalue weighted by molar-refractivity contribution is -0.132. The van der Waals surface area contributed by atoms with E-state index in [1.165, 1.54) is 19.3 Å². The molecule has 1 aliphatic carbocycles. The Hall–Kier alpha value is -0.570. The summed E-state index contributed by atoms with van der Waals surface area (Å²) in [5.74, 6) is 0.238. The zero-order chi connectivity index (χ0) is 13.6. The van der Waals surface area contributed by atoms with Gasteiger partial charge in [0, 0.05) is 12.0 Å². The normalized spacial score (nSPS) is 19.6. The van der Waals surface area contributed by atoms with Crippen LogP contribution < -0.4 is 11.1 Å². The number of carbonyl (C=O) groups excluding carboxylic acids is 1. The highest BCUT2D eigenvalue weighted by Gasteiger charge is 2.35. The molecule has 1 fully saturated rings. The number of rotatable bonds is 6. The van der Waals surface area contributed by atoms with Gasteiger partial charge >= 0.3 is 0 Å². The molecule has 0 saturated heterocycles. The second-order valence-electron chi connectivity index (χ2n) is 6.22. The Kier molecular flexibility index (Phi) is 5.64. The van der Waals surface area contributed by atoms with E-state index in [0.717, 1.165) is 32.2 Å². The van der Waals surface area contributed by atoms with Crippen LogP contribution in [0.4, 0.5) is 0 Å². The molecule has 0 aliphatic heterocycles. The van der Waals surface area contributed by atoms with Crippen molar-refractivity contribution in [3.8, 4) is 0 Å². The summed E-state index contributed by atoms with van der Waals surface area (Å²) < 4.78 is 0. The zero-order valence-electron chi connectivity index (χ0n) is 12.3. The first-order chi connectivity index (χ1) is 8.52. The van der Waals surface area contributed by atoms with Crippen LogP contribution in [0.1, 0.15) is 65.7 Å². The number of hydrogen-bond acceptors (Lipinski definition) is 2. The summed E-state index contributed by atoms with van der Waals surface area (Å²) in [6, 6.07) is 0. The molecule has 1 saturated carbocycles. The number of nitrogens with one attached hydrogen (secondary N) is 1. The number of hydrogen-bond donors (Lipinski definition) is 2. The van der Waals surface area contributed by atoms with E-state index >= 15 is 0 Å². The van der Waals surface area contributed by atoms with E-state index < -0.39 is 0 Å². The Labute approximate surface area is 112 Å². The Morgan fingerprint density at radius 2 is 1.78 bits per heavy atom. The molecule has 0 unspecified atom stereocenters. The molecule has 1 aliphatic rings. The highest BCUT2D eigenvalue weighted by molar-refractivity contribution is 5.82. The van der Waals surface area contributed by atoms with Crippen molar-refractivity contribution in [2.75, 3.05) is 13.1 Å². The first kappa shape index (κ1) is 15.5. The van der Waals surface area contributed by atoms with Crippen molar-refractivity contribution in [3.05, 3.63) is 0 Å². The standard InChI is InChI=1S/C15H30N2O/c1-4-15(5-2,11-16)12-17-13(18)14(3)9-7-6-8-10-14/h4-12,16H2,1-3H3,(H,17,18). The second kappa shape index (κ2) is 6.55. The Morgan fingerprint density at radius 3 is 2.22 bits per heavy atom. The smallest absolute Gasteiger partial charge is 0.225 e. The summed E-state index contributed by atoms with van der Waals surface area (Å²) in [6.45, 7) is 7.81. The Morgan fingerprint density at radius 1 is 1.22 bits per heavy atom. The third-order valence-electron chi connectivity index (χ3n) is 5.06. The van der Waals surface area contributed by atoms with E-state index in [2.05, 4.69) is 26.1 Å². The van der Waals surface area contributed by atoms with Crippen LogP contribution >= 0.6 is 0 Å². The zero-order valence-corrected chi connectivity index (χ0v) is 12.3. The van der Waals surface area contributed by atoms with Crippen LogP contribution in [0, 0.1) is 10.8 Å². The van der Waals surface area contributed by atoms with E-state index in [9.17, 15) is 4.79 Å². The van der Waals surface area contributed by atoms with E-state index in [1.54, 1.807) is 0 Å². The average Bonchev–Trinajstić information content (AvgIpc) is 2.41. The summed E-state index contributed by atoms with van der Waals surface area (Å²) in [7, 11) is 0. The van der Waals surface area contributed by atoms with Crippen molar-refractivity contribution in [2.45, 2.75) is 65.7 Å². The van der Waals surface area contributed by atoms with Crippen molar-refractivity contribution in [1.29, 1.82) is 0 Å². The van der Waals surface area contributed by atoms with Gasteiger partial charge in [0.05, 0.1) is 0 Å². The van der Waals surface area contributed by atoms with Crippen molar-refractivity contribution in [3.63, 3.8) is 0 Å². The molecule has 0 spiro atoms. The van der Waals surface area contributed by atoms with Crippen LogP contribution in [-0.2, 0) is 4.79 Å². The molecule has 3 N–H and O–H groups in total. The summed E-state index contributed by atoms with van der Waals surface area (Å²) in [5.41, 5.74) is 5.82. The highest BCUT2D eigenvalue weighted by atomic mass is 16.2. The fourth-order valence-corrected chi connectivity index (χ4v) is 2.90. The van der Waals surface area contributed by atoms with E-state index in [4.69, 9.17) is 5.73 Å². The summed E-state index contributed by atoms with van der Waals surface area (Å²) in [5, 5.41) is 3.17. The molecule has 3 nitrogen and oxygen atoms in total. The van der Waals surface area contributed by atoms with Crippen molar-refractivity contribution in [2.24, 2.45) is 16.6 Å². The molecule has 1 rings (SSSR count). The second-order valence-corrected chi connectivity index (χ2v) is 6.22. The molecular formula is C15H30N2O. The minimum absolute atomic E-state index is 0.0840. The molecule has 0 aromatic rings. The van der Waals surface area contributed by atoms with Gasteiger partial charge < -0.3 is 11.1 Å². The van der Waals surface area contributed by atoms with Crippen molar-refractivity contribution >= 4 is 5.91 Å². The van der Waals surface area contributed by atoms with Crippen LogP contribution in [0.5, 0.6) is 0 Å². The minimum atomic E-state index is -0.139. The van der Waals surface area contributed by atoms with Crippen molar-refractivity contribution in [1.82, 2.24) is 5.32 Å². The third-order valence-corrected chi connectivity index (χ3v) is 5.06. The van der Waals surface area contributed by atoms with Gasteiger partial charge in [0.25, 0.3) is 0 Å². The average molecular weight is 254 g/mol. The molecule has 18 heavy (non-hydrogen) atoms. The highest BCUT2D eigenvalue weighted by Crippen LogP contribution is 2.36. The SMILES string of the molecule is CCC(CC)(CN)CNC(=O)C1(C)CCCCC1. The van der Waals surface area contributed by atoms with Gasteiger partial charge in [0.15, 0.2) is 0 Å². The van der Waals surface area contributed by atoms with Gasteiger partial charge in [0.2, 0.25) is 5.91 Å². The van der Waals surface area contributed by atoms with Gasteiger partial charge in [-0.3, -0.25) is 4.79 Å². The lowest BCUT2D eigenvalue weighted by atomic mass is 9.74. The summed E-state index contributed by atoms with van der Waals surface area (Å²) >= 11 is 0. The summed E-state index contributed by atoms with van der Waals surface area (Å²) in [6.07, 6.45) is 7.77. The van der Waals surface area contributed by atoms with Gasteiger partial charge in [-0.15, -0.1) is 0 Å². The molecule has 0 aromatic carbocycles. The minimum Gasteiger partial charge on any atom is -0.355 e. The largest absolute Gasteiger partial charge is 0.355 e. The van der Waals surface area contributed by atoms with Gasteiger partial charge in [-0.25, -0.2) is 0 Å². The number of amides is 1. The van der Waals surface area contributed by atoms with Gasteiger partial charge in [-0.05, 0) is 37.6 Å². The molecule has 0 atom stereocenters. The van der Waals surface area contributed by atoms with Crippen LogP contribution in [0.25, 0.3) is 0 Å². The fraction of sp³-hybridized carbons (Fsp3) is 0.933. The van der Waals surface area contributed by atoms with E-state index in [-0.39, 0.29) is 16.7 Å². The van der Waals surface area contributed by atoms with Gasteiger partial charge in [-0.1, -0.05) is 40.0 Å². The van der Waals surface area contributed by atoms with Crippen LogP contribution in [-0.4, -0.2) is 19.0 Å². The molecule has 3 heteroatoms. The lowest BCUT2D eigenvalue weighted by Gasteiger charge is -2.35. The quantitative estimate of drug-likeness (QED) is 0.766. The topological polar surface area (TPSA) is 55.1 Å². The van der Waals surface area contributed by atoms with Crippen LogP contribution in [0.15, 0.2) is 0 Å². The Bertz CT molecular complexity index is 257. The maximum Gasteiger partial charge on any atom is 0.225 e. The molecule has 0 heterocycles. The maximum atomic E-state index is 12.4.